The Kier molecular flexibility index (Phi) is 4.86. The molecule has 21 heavy (non-hydrogen) atoms. The van der Waals surface area contributed by atoms with Gasteiger partial charge in [0.1, 0.15) is 31.8 Å². The number of hydrogen-bond acceptors (Lipinski definition) is 6. The van der Waals surface area contributed by atoms with Gasteiger partial charge >= 0.3 is 5.97 Å². The Bertz CT molecular complexity index is 759. The second-order valence-electron chi connectivity index (χ2n) is 4.68. The van der Waals surface area contributed by atoms with E-state index in [2.05, 4.69) is 0 Å². The highest BCUT2D eigenvalue weighted by Crippen LogP contribution is 2.28. The van der Waals surface area contributed by atoms with E-state index < -0.39 is 36.3 Å². The average Bonchev–Trinajstić information content (AvgIpc) is 2.60. The van der Waals surface area contributed by atoms with Crippen LogP contribution in [-0.2, 0) is 19.9 Å². The van der Waals surface area contributed by atoms with Gasteiger partial charge in [-0.2, -0.15) is 4.31 Å². The lowest BCUT2D eigenvalue weighted by atomic mass is 10.2. The first-order chi connectivity index (χ1) is 9.38. The van der Waals surface area contributed by atoms with Crippen LogP contribution in [-0.4, -0.2) is 57.8 Å². The molecule has 1 N–H and O–H groups in total. The molecule has 120 valence electrons. The normalized spacial score (nSPS) is 12.8. The minimum absolute atomic E-state index is 0.0184. The van der Waals surface area contributed by atoms with Gasteiger partial charge in [-0.15, -0.1) is 0 Å². The molecule has 0 atom stereocenters. The molecule has 1 heterocycles. The smallest absolute Gasteiger partial charge is 0.340 e. The summed E-state index contributed by atoms with van der Waals surface area (Å²) in [5.41, 5.74) is -0.432. The molecule has 0 amide bonds. The van der Waals surface area contributed by atoms with Crippen LogP contribution >= 0.6 is 0 Å². The van der Waals surface area contributed by atoms with Crippen molar-refractivity contribution in [3.05, 3.63) is 17.1 Å². The Hall–Kier alpha value is -1.39. The molecular formula is C11H17NO7S2. The number of aromatic carboxylic acids is 1. The standard InChI is InChI=1S/C11H17NO7S2/c1-7-9(11(13)14)10(8(2)19-7)21(17,18)12(3)5-6-20(4,15)16/h5-6H2,1-4H3,(H,13,14). The van der Waals surface area contributed by atoms with Gasteiger partial charge in [-0.3, -0.25) is 0 Å². The van der Waals surface area contributed by atoms with E-state index in [1.807, 2.05) is 0 Å². The minimum Gasteiger partial charge on any atom is -0.478 e. The molecule has 1 rings (SSSR count). The number of carboxylic acids is 1. The van der Waals surface area contributed by atoms with E-state index in [9.17, 15) is 21.6 Å². The van der Waals surface area contributed by atoms with Crippen molar-refractivity contribution in [2.45, 2.75) is 18.7 Å². The molecule has 0 aliphatic rings. The van der Waals surface area contributed by atoms with E-state index in [0.29, 0.717) is 0 Å². The third-order valence-electron chi connectivity index (χ3n) is 2.86. The van der Waals surface area contributed by atoms with E-state index in [-0.39, 0.29) is 23.8 Å². The number of nitrogens with zero attached hydrogens (tertiary/aromatic N) is 1. The summed E-state index contributed by atoms with van der Waals surface area (Å²) in [5, 5.41) is 9.13. The molecule has 0 aliphatic carbocycles. The Labute approximate surface area is 123 Å². The number of aryl methyl sites for hydroxylation is 2. The second-order valence-corrected chi connectivity index (χ2v) is 8.92. The third kappa shape index (κ3) is 3.83. The highest BCUT2D eigenvalue weighted by atomic mass is 32.2. The van der Waals surface area contributed by atoms with Crippen LogP contribution in [0.2, 0.25) is 0 Å². The zero-order chi connectivity index (χ0) is 16.6. The summed E-state index contributed by atoms with van der Waals surface area (Å²) in [5.74, 6) is -1.84. The summed E-state index contributed by atoms with van der Waals surface area (Å²) in [6, 6.07) is 0. The van der Waals surface area contributed by atoms with Gasteiger partial charge in [0.15, 0.2) is 0 Å². The Morgan fingerprint density at radius 2 is 1.71 bits per heavy atom. The van der Waals surface area contributed by atoms with E-state index in [0.717, 1.165) is 10.6 Å². The van der Waals surface area contributed by atoms with E-state index in [4.69, 9.17) is 9.52 Å². The Balaban J connectivity index is 3.29. The zero-order valence-electron chi connectivity index (χ0n) is 12.1. The maximum absolute atomic E-state index is 12.4. The van der Waals surface area contributed by atoms with Gasteiger partial charge in [0.2, 0.25) is 10.0 Å². The molecule has 0 saturated heterocycles. The van der Waals surface area contributed by atoms with Crippen molar-refractivity contribution in [3.63, 3.8) is 0 Å². The predicted molar refractivity (Wildman–Crippen MR) is 74.7 cm³/mol. The van der Waals surface area contributed by atoms with Gasteiger partial charge in [0, 0.05) is 19.8 Å². The summed E-state index contributed by atoms with van der Waals surface area (Å²) in [4.78, 5) is 10.8. The second kappa shape index (κ2) is 5.78. The van der Waals surface area contributed by atoms with Crippen LogP contribution in [0, 0.1) is 13.8 Å². The van der Waals surface area contributed by atoms with E-state index in [1.54, 1.807) is 0 Å². The fourth-order valence-corrected chi connectivity index (χ4v) is 4.05. The molecule has 8 nitrogen and oxygen atoms in total. The maximum Gasteiger partial charge on any atom is 0.340 e. The predicted octanol–water partition coefficient (Wildman–Crippen LogP) is 0.260. The summed E-state index contributed by atoms with van der Waals surface area (Å²) in [6.07, 6.45) is 0.989. The molecule has 0 fully saturated rings. The number of sulfonamides is 1. The van der Waals surface area contributed by atoms with Gasteiger partial charge in [0.05, 0.1) is 5.75 Å². The van der Waals surface area contributed by atoms with Crippen LogP contribution in [0.3, 0.4) is 0 Å². The highest BCUT2D eigenvalue weighted by Gasteiger charge is 2.33. The molecule has 1 aromatic heterocycles. The lowest BCUT2D eigenvalue weighted by molar-refractivity contribution is 0.0691. The summed E-state index contributed by atoms with van der Waals surface area (Å²) < 4.78 is 52.9. The molecule has 0 aliphatic heterocycles. The Morgan fingerprint density at radius 1 is 1.19 bits per heavy atom. The van der Waals surface area contributed by atoms with E-state index >= 15 is 0 Å². The van der Waals surface area contributed by atoms with Crippen LogP contribution in [0.25, 0.3) is 0 Å². The van der Waals surface area contributed by atoms with Crippen molar-refractivity contribution in [2.75, 3.05) is 25.6 Å². The fraction of sp³-hybridized carbons (Fsp3) is 0.545. The molecule has 10 heteroatoms. The van der Waals surface area contributed by atoms with Gasteiger partial charge in [-0.1, -0.05) is 0 Å². The van der Waals surface area contributed by atoms with Gasteiger partial charge < -0.3 is 9.52 Å². The molecule has 0 bridgehead atoms. The molecule has 0 spiro atoms. The topological polar surface area (TPSA) is 122 Å². The van der Waals surface area contributed by atoms with Crippen molar-refractivity contribution in [3.8, 4) is 0 Å². The zero-order valence-corrected chi connectivity index (χ0v) is 13.7. The van der Waals surface area contributed by atoms with Crippen LogP contribution in [0.4, 0.5) is 0 Å². The van der Waals surface area contributed by atoms with E-state index in [1.165, 1.54) is 20.9 Å². The minimum atomic E-state index is -4.15. The number of rotatable bonds is 6. The van der Waals surface area contributed by atoms with Gasteiger partial charge in [-0.05, 0) is 13.8 Å². The van der Waals surface area contributed by atoms with Crippen molar-refractivity contribution in [1.82, 2.24) is 4.31 Å². The van der Waals surface area contributed by atoms with Crippen molar-refractivity contribution in [1.29, 1.82) is 0 Å². The first kappa shape index (κ1) is 17.7. The first-order valence-electron chi connectivity index (χ1n) is 5.85. The summed E-state index contributed by atoms with van der Waals surface area (Å²) in [7, 11) is -6.30. The van der Waals surface area contributed by atoms with Gasteiger partial charge in [0.25, 0.3) is 0 Å². The molecule has 0 saturated carbocycles. The van der Waals surface area contributed by atoms with Crippen molar-refractivity contribution < 1.29 is 31.2 Å². The van der Waals surface area contributed by atoms with Gasteiger partial charge in [-0.25, -0.2) is 21.6 Å². The SMILES string of the molecule is Cc1oc(C)c(S(=O)(=O)N(C)CCS(C)(=O)=O)c1C(=O)O. The quantitative estimate of drug-likeness (QED) is 0.788. The monoisotopic (exact) mass is 339 g/mol. The third-order valence-corrected chi connectivity index (χ3v) is 5.80. The summed E-state index contributed by atoms with van der Waals surface area (Å²) in [6.45, 7) is 2.42. The maximum atomic E-state index is 12.4. The average molecular weight is 339 g/mol. The first-order valence-corrected chi connectivity index (χ1v) is 9.35. The molecule has 0 radical (unpaired) electrons. The number of furan rings is 1. The molecule has 0 aromatic carbocycles. The highest BCUT2D eigenvalue weighted by molar-refractivity contribution is 7.91. The lowest BCUT2D eigenvalue weighted by Gasteiger charge is -2.16. The van der Waals surface area contributed by atoms with Crippen LogP contribution in [0.1, 0.15) is 21.9 Å². The van der Waals surface area contributed by atoms with Crippen LogP contribution in [0.15, 0.2) is 9.31 Å². The fourth-order valence-electron chi connectivity index (χ4n) is 1.79. The Morgan fingerprint density at radius 3 is 2.14 bits per heavy atom. The number of carboxylic acid groups (broad SMARTS) is 1. The molecule has 0 unspecified atom stereocenters. The number of sulfone groups is 1. The lowest BCUT2D eigenvalue weighted by Crippen LogP contribution is -2.32. The van der Waals surface area contributed by atoms with Crippen molar-refractivity contribution in [2.24, 2.45) is 0 Å². The van der Waals surface area contributed by atoms with Crippen molar-refractivity contribution >= 4 is 25.8 Å². The van der Waals surface area contributed by atoms with Crippen LogP contribution < -0.4 is 0 Å². The number of hydrogen-bond donors (Lipinski definition) is 1. The van der Waals surface area contributed by atoms with Crippen LogP contribution in [0.5, 0.6) is 0 Å². The molecule has 1 aromatic rings. The summed E-state index contributed by atoms with van der Waals surface area (Å²) >= 11 is 0. The number of carbonyl (C=O) groups is 1. The largest absolute Gasteiger partial charge is 0.478 e. The molecular weight excluding hydrogens is 322 g/mol.